The summed E-state index contributed by atoms with van der Waals surface area (Å²) in [5.41, 5.74) is 11.3. The number of rotatable bonds is 1. The Kier molecular flexibility index (Phi) is 2.56. The van der Waals surface area contributed by atoms with E-state index in [4.69, 9.17) is 10.7 Å². The minimum absolute atomic E-state index is 0.777. The second-order valence-corrected chi connectivity index (χ2v) is 5.53. The molecule has 2 N–H and O–H groups in total. The minimum atomic E-state index is 0.777. The lowest BCUT2D eigenvalue weighted by molar-refractivity contribution is 1.34. The van der Waals surface area contributed by atoms with Crippen LogP contribution in [0.15, 0.2) is 36.4 Å². The van der Waals surface area contributed by atoms with E-state index >= 15 is 0 Å². The van der Waals surface area contributed by atoms with Gasteiger partial charge in [0.15, 0.2) is 0 Å². The van der Waals surface area contributed by atoms with Crippen LogP contribution in [-0.2, 0) is 0 Å². The van der Waals surface area contributed by atoms with Gasteiger partial charge in [-0.05, 0) is 43.2 Å². The van der Waals surface area contributed by atoms with E-state index in [9.17, 15) is 0 Å². The van der Waals surface area contributed by atoms with Crippen LogP contribution < -0.4 is 5.73 Å². The highest BCUT2D eigenvalue weighted by Gasteiger charge is 2.09. The number of anilines is 1. The van der Waals surface area contributed by atoms with Crippen molar-refractivity contribution in [2.45, 2.75) is 13.8 Å². The van der Waals surface area contributed by atoms with Crippen molar-refractivity contribution in [1.82, 2.24) is 4.98 Å². The number of hydrogen-bond donors (Lipinski definition) is 1. The molecule has 3 rings (SSSR count). The molecule has 0 aliphatic carbocycles. The number of benzene rings is 2. The fourth-order valence-corrected chi connectivity index (χ4v) is 3.04. The van der Waals surface area contributed by atoms with Gasteiger partial charge < -0.3 is 5.73 Å². The predicted molar refractivity (Wildman–Crippen MR) is 78.9 cm³/mol. The zero-order chi connectivity index (χ0) is 12.7. The summed E-state index contributed by atoms with van der Waals surface area (Å²) in [5.74, 6) is 0. The molecule has 90 valence electrons. The first kappa shape index (κ1) is 11.2. The van der Waals surface area contributed by atoms with Crippen LogP contribution in [0.4, 0.5) is 5.69 Å². The third kappa shape index (κ3) is 1.77. The summed E-state index contributed by atoms with van der Waals surface area (Å²) in [5, 5.41) is 1.03. The van der Waals surface area contributed by atoms with E-state index in [0.29, 0.717) is 0 Å². The zero-order valence-electron chi connectivity index (χ0n) is 10.4. The molecule has 3 aromatic rings. The first-order valence-electron chi connectivity index (χ1n) is 5.88. The van der Waals surface area contributed by atoms with Gasteiger partial charge in [-0.15, -0.1) is 11.3 Å². The first-order valence-corrected chi connectivity index (χ1v) is 6.69. The van der Waals surface area contributed by atoms with E-state index in [1.807, 2.05) is 18.2 Å². The molecule has 0 fully saturated rings. The van der Waals surface area contributed by atoms with Gasteiger partial charge in [0.1, 0.15) is 5.01 Å². The van der Waals surface area contributed by atoms with Crippen LogP contribution in [0.1, 0.15) is 11.1 Å². The monoisotopic (exact) mass is 254 g/mol. The van der Waals surface area contributed by atoms with Crippen molar-refractivity contribution in [3.8, 4) is 10.6 Å². The van der Waals surface area contributed by atoms with E-state index < -0.39 is 0 Å². The van der Waals surface area contributed by atoms with E-state index in [2.05, 4.69) is 32.0 Å². The SMILES string of the molecule is Cc1ccc2sc(-c3cccc(N)c3)nc2c1C. The van der Waals surface area contributed by atoms with Gasteiger partial charge in [-0.1, -0.05) is 18.2 Å². The standard InChI is InChI=1S/C15H14N2S/c1-9-6-7-13-14(10(9)2)17-15(18-13)11-4-3-5-12(16)8-11/h3-8H,16H2,1-2H3. The average Bonchev–Trinajstić information content (AvgIpc) is 2.79. The highest BCUT2D eigenvalue weighted by Crippen LogP contribution is 2.33. The normalized spacial score (nSPS) is 11.0. The van der Waals surface area contributed by atoms with Gasteiger partial charge in [-0.25, -0.2) is 4.98 Å². The van der Waals surface area contributed by atoms with Crippen molar-refractivity contribution in [1.29, 1.82) is 0 Å². The molecule has 2 nitrogen and oxygen atoms in total. The maximum atomic E-state index is 5.82. The van der Waals surface area contributed by atoms with Crippen LogP contribution in [-0.4, -0.2) is 4.98 Å². The number of thiazole rings is 1. The number of fused-ring (bicyclic) bond motifs is 1. The Labute approximate surface area is 110 Å². The molecule has 2 aromatic carbocycles. The fourth-order valence-electron chi connectivity index (χ4n) is 2.02. The maximum Gasteiger partial charge on any atom is 0.124 e. The summed E-state index contributed by atoms with van der Waals surface area (Å²) in [7, 11) is 0. The number of nitrogens with zero attached hydrogens (tertiary/aromatic N) is 1. The van der Waals surface area contributed by atoms with Gasteiger partial charge in [0.05, 0.1) is 10.2 Å². The van der Waals surface area contributed by atoms with Crippen molar-refractivity contribution in [2.75, 3.05) is 5.73 Å². The largest absolute Gasteiger partial charge is 0.399 e. The smallest absolute Gasteiger partial charge is 0.124 e. The van der Waals surface area contributed by atoms with Gasteiger partial charge in [0, 0.05) is 11.3 Å². The zero-order valence-corrected chi connectivity index (χ0v) is 11.2. The van der Waals surface area contributed by atoms with Gasteiger partial charge in [-0.3, -0.25) is 0 Å². The molecule has 0 aliphatic heterocycles. The molecule has 1 heterocycles. The van der Waals surface area contributed by atoms with Crippen LogP contribution >= 0.6 is 11.3 Å². The Bertz CT molecular complexity index is 728. The second-order valence-electron chi connectivity index (χ2n) is 4.50. The maximum absolute atomic E-state index is 5.82. The van der Waals surface area contributed by atoms with E-state index in [-0.39, 0.29) is 0 Å². The number of aryl methyl sites for hydroxylation is 2. The Morgan fingerprint density at radius 2 is 1.94 bits per heavy atom. The third-order valence-electron chi connectivity index (χ3n) is 3.22. The van der Waals surface area contributed by atoms with Crippen molar-refractivity contribution in [2.24, 2.45) is 0 Å². The molecule has 0 saturated heterocycles. The molecule has 0 aliphatic rings. The third-order valence-corrected chi connectivity index (χ3v) is 4.29. The van der Waals surface area contributed by atoms with Gasteiger partial charge in [0.2, 0.25) is 0 Å². The summed E-state index contributed by atoms with van der Waals surface area (Å²) in [6.45, 7) is 4.24. The topological polar surface area (TPSA) is 38.9 Å². The van der Waals surface area contributed by atoms with Crippen molar-refractivity contribution >= 4 is 27.2 Å². The molecule has 1 aromatic heterocycles. The molecule has 0 unspecified atom stereocenters. The molecule has 0 amide bonds. The average molecular weight is 254 g/mol. The number of hydrogen-bond acceptors (Lipinski definition) is 3. The van der Waals surface area contributed by atoms with Crippen LogP contribution in [0.25, 0.3) is 20.8 Å². The van der Waals surface area contributed by atoms with E-state index in [1.54, 1.807) is 11.3 Å². The molecule has 18 heavy (non-hydrogen) atoms. The highest BCUT2D eigenvalue weighted by atomic mass is 32.1. The molecular weight excluding hydrogens is 240 g/mol. The summed E-state index contributed by atoms with van der Waals surface area (Å²) in [6.07, 6.45) is 0. The number of aromatic nitrogens is 1. The molecular formula is C15H14N2S. The van der Waals surface area contributed by atoms with Crippen molar-refractivity contribution in [3.05, 3.63) is 47.5 Å². The molecule has 0 saturated carbocycles. The molecule has 0 atom stereocenters. The Morgan fingerprint density at radius 1 is 1.11 bits per heavy atom. The van der Waals surface area contributed by atoms with Gasteiger partial charge in [-0.2, -0.15) is 0 Å². The molecule has 0 bridgehead atoms. The lowest BCUT2D eigenvalue weighted by atomic mass is 10.1. The van der Waals surface area contributed by atoms with Gasteiger partial charge in [0.25, 0.3) is 0 Å². The molecule has 0 radical (unpaired) electrons. The number of nitrogens with two attached hydrogens (primary N) is 1. The highest BCUT2D eigenvalue weighted by molar-refractivity contribution is 7.21. The second kappa shape index (κ2) is 4.10. The minimum Gasteiger partial charge on any atom is -0.399 e. The Balaban J connectivity index is 2.23. The van der Waals surface area contributed by atoms with Crippen LogP contribution in [0, 0.1) is 13.8 Å². The van der Waals surface area contributed by atoms with Crippen molar-refractivity contribution < 1.29 is 0 Å². The summed E-state index contributed by atoms with van der Waals surface area (Å²) < 4.78 is 1.23. The Morgan fingerprint density at radius 3 is 2.72 bits per heavy atom. The summed E-state index contributed by atoms with van der Waals surface area (Å²) >= 11 is 1.72. The molecule has 0 spiro atoms. The Hall–Kier alpha value is -1.87. The lowest BCUT2D eigenvalue weighted by Crippen LogP contribution is -1.85. The summed E-state index contributed by atoms with van der Waals surface area (Å²) in [4.78, 5) is 4.75. The van der Waals surface area contributed by atoms with Gasteiger partial charge >= 0.3 is 0 Å². The first-order chi connectivity index (χ1) is 8.65. The molecule has 3 heteroatoms. The van der Waals surface area contributed by atoms with Crippen LogP contribution in [0.3, 0.4) is 0 Å². The van der Waals surface area contributed by atoms with Crippen LogP contribution in [0.2, 0.25) is 0 Å². The van der Waals surface area contributed by atoms with E-state index in [0.717, 1.165) is 21.8 Å². The lowest BCUT2D eigenvalue weighted by Gasteiger charge is -1.98. The predicted octanol–water partition coefficient (Wildman–Crippen LogP) is 4.16. The summed E-state index contributed by atoms with van der Waals surface area (Å²) in [6, 6.07) is 12.2. The van der Waals surface area contributed by atoms with Crippen LogP contribution in [0.5, 0.6) is 0 Å². The van der Waals surface area contributed by atoms with Crippen molar-refractivity contribution in [3.63, 3.8) is 0 Å². The quantitative estimate of drug-likeness (QED) is 0.662. The fraction of sp³-hybridized carbons (Fsp3) is 0.133. The van der Waals surface area contributed by atoms with E-state index in [1.165, 1.54) is 15.8 Å². The number of nitrogen functional groups attached to an aromatic ring is 1.